The Hall–Kier alpha value is -1.05. The maximum Gasteiger partial charge on any atom is 0.130 e. The monoisotopic (exact) mass is 442 g/mol. The molecular formula is C30H47FO. The largest absolute Gasteiger partial charge is 0.497 e. The van der Waals surface area contributed by atoms with E-state index in [1.807, 2.05) is 12.1 Å². The van der Waals surface area contributed by atoms with Crippen molar-refractivity contribution in [3.8, 4) is 5.75 Å². The minimum atomic E-state index is -0.0737. The zero-order chi connectivity index (χ0) is 22.3. The summed E-state index contributed by atoms with van der Waals surface area (Å²) in [5.41, 5.74) is 0.918. The molecule has 32 heavy (non-hydrogen) atoms. The maximum absolute atomic E-state index is 14.5. The second-order valence-electron chi connectivity index (χ2n) is 11.5. The first kappa shape index (κ1) is 24.1. The van der Waals surface area contributed by atoms with E-state index in [-0.39, 0.29) is 5.82 Å². The average molecular weight is 443 g/mol. The van der Waals surface area contributed by atoms with Crippen LogP contribution < -0.4 is 4.74 Å². The Bertz CT molecular complexity index is 692. The number of benzene rings is 1. The summed E-state index contributed by atoms with van der Waals surface area (Å²) in [5.74, 6) is 5.88. The van der Waals surface area contributed by atoms with Crippen molar-refractivity contribution in [1.29, 1.82) is 0 Å². The summed E-state index contributed by atoms with van der Waals surface area (Å²) in [6.45, 7) is 2.31. The average Bonchev–Trinajstić information content (AvgIpc) is 2.83. The third kappa shape index (κ3) is 6.09. The van der Waals surface area contributed by atoms with Gasteiger partial charge in [-0.25, -0.2) is 4.39 Å². The molecule has 0 heterocycles. The lowest BCUT2D eigenvalue weighted by molar-refractivity contribution is 0.0612. The Labute approximate surface area is 196 Å². The molecule has 3 fully saturated rings. The molecule has 0 saturated heterocycles. The number of unbranched alkanes of at least 4 members (excludes halogenated alkanes) is 4. The molecule has 4 unspecified atom stereocenters. The Morgan fingerprint density at radius 1 is 0.781 bits per heavy atom. The van der Waals surface area contributed by atoms with E-state index in [1.165, 1.54) is 103 Å². The molecule has 0 bridgehead atoms. The minimum Gasteiger partial charge on any atom is -0.497 e. The number of ether oxygens (including phenoxy) is 1. The van der Waals surface area contributed by atoms with Gasteiger partial charge in [0.05, 0.1) is 7.11 Å². The first-order valence-corrected chi connectivity index (χ1v) is 14.0. The highest BCUT2D eigenvalue weighted by molar-refractivity contribution is 5.31. The fourth-order valence-electron chi connectivity index (χ4n) is 7.62. The van der Waals surface area contributed by atoms with E-state index in [0.29, 0.717) is 11.7 Å². The van der Waals surface area contributed by atoms with E-state index in [0.717, 1.165) is 35.2 Å². The van der Waals surface area contributed by atoms with E-state index in [4.69, 9.17) is 4.74 Å². The third-order valence-electron chi connectivity index (χ3n) is 9.56. The summed E-state index contributed by atoms with van der Waals surface area (Å²) >= 11 is 0. The Morgan fingerprint density at radius 2 is 1.44 bits per heavy atom. The molecule has 0 spiro atoms. The van der Waals surface area contributed by atoms with Crippen LogP contribution in [0.5, 0.6) is 5.75 Å². The lowest BCUT2D eigenvalue weighted by Crippen LogP contribution is -2.34. The van der Waals surface area contributed by atoms with Gasteiger partial charge in [0, 0.05) is 6.07 Å². The number of halogens is 1. The van der Waals surface area contributed by atoms with Crippen LogP contribution in [0.25, 0.3) is 0 Å². The molecule has 3 saturated carbocycles. The van der Waals surface area contributed by atoms with Crippen molar-refractivity contribution in [2.24, 2.45) is 29.6 Å². The molecule has 3 aliphatic rings. The Morgan fingerprint density at radius 3 is 2.16 bits per heavy atom. The van der Waals surface area contributed by atoms with Crippen molar-refractivity contribution >= 4 is 0 Å². The minimum absolute atomic E-state index is 0.0737. The number of rotatable bonds is 9. The quantitative estimate of drug-likeness (QED) is 0.346. The van der Waals surface area contributed by atoms with Crippen LogP contribution in [0.3, 0.4) is 0 Å². The summed E-state index contributed by atoms with van der Waals surface area (Å²) in [4.78, 5) is 0. The zero-order valence-electron chi connectivity index (χ0n) is 20.8. The molecule has 3 aliphatic carbocycles. The lowest BCUT2D eigenvalue weighted by Gasteiger charge is -2.45. The molecule has 0 radical (unpaired) electrons. The van der Waals surface area contributed by atoms with Crippen molar-refractivity contribution in [2.75, 3.05) is 7.11 Å². The number of fused-ring (bicyclic) bond motifs is 1. The highest BCUT2D eigenvalue weighted by Gasteiger charge is 2.38. The van der Waals surface area contributed by atoms with Gasteiger partial charge in [-0.3, -0.25) is 0 Å². The van der Waals surface area contributed by atoms with Crippen LogP contribution >= 0.6 is 0 Å². The first-order valence-electron chi connectivity index (χ1n) is 14.0. The molecule has 1 nitrogen and oxygen atoms in total. The molecule has 1 aromatic carbocycles. The fourth-order valence-corrected chi connectivity index (χ4v) is 7.62. The summed E-state index contributed by atoms with van der Waals surface area (Å²) in [6.07, 6.45) is 22.6. The standard InChI is InChI=1S/C30H47FO/c1-3-4-5-6-7-8-22-9-10-27-20-26(16-15-25(27)19-22)23-11-13-24(14-12-23)29-18-17-28(32-2)21-30(29)31/h17-18,21-27H,3-16,19-20H2,1-2H3. The van der Waals surface area contributed by atoms with Crippen LogP contribution in [0.15, 0.2) is 18.2 Å². The van der Waals surface area contributed by atoms with Crippen molar-refractivity contribution in [3.05, 3.63) is 29.6 Å². The van der Waals surface area contributed by atoms with Crippen molar-refractivity contribution < 1.29 is 9.13 Å². The molecule has 0 aromatic heterocycles. The van der Waals surface area contributed by atoms with Crippen LogP contribution in [-0.4, -0.2) is 7.11 Å². The maximum atomic E-state index is 14.5. The Balaban J connectivity index is 1.20. The van der Waals surface area contributed by atoms with Crippen LogP contribution in [0.4, 0.5) is 4.39 Å². The van der Waals surface area contributed by atoms with Crippen LogP contribution in [0, 0.1) is 35.4 Å². The molecule has 4 atom stereocenters. The van der Waals surface area contributed by atoms with Gasteiger partial charge in [-0.05, 0) is 105 Å². The van der Waals surface area contributed by atoms with E-state index in [1.54, 1.807) is 13.2 Å². The highest BCUT2D eigenvalue weighted by Crippen LogP contribution is 2.50. The number of hydrogen-bond acceptors (Lipinski definition) is 1. The fraction of sp³-hybridized carbons (Fsp3) is 0.800. The van der Waals surface area contributed by atoms with Crippen LogP contribution in [0.1, 0.15) is 121 Å². The van der Waals surface area contributed by atoms with E-state index in [9.17, 15) is 4.39 Å². The van der Waals surface area contributed by atoms with E-state index < -0.39 is 0 Å². The molecule has 4 rings (SSSR count). The van der Waals surface area contributed by atoms with Crippen LogP contribution in [-0.2, 0) is 0 Å². The normalized spacial score (nSPS) is 33.0. The van der Waals surface area contributed by atoms with Gasteiger partial charge in [-0.2, -0.15) is 0 Å². The molecule has 0 N–H and O–H groups in total. The van der Waals surface area contributed by atoms with Crippen molar-refractivity contribution in [2.45, 2.75) is 116 Å². The van der Waals surface area contributed by atoms with Gasteiger partial charge in [0.25, 0.3) is 0 Å². The molecule has 0 aliphatic heterocycles. The van der Waals surface area contributed by atoms with Crippen molar-refractivity contribution in [3.63, 3.8) is 0 Å². The predicted octanol–water partition coefficient (Wildman–Crippen LogP) is 9.30. The van der Waals surface area contributed by atoms with Gasteiger partial charge in [0.1, 0.15) is 11.6 Å². The second kappa shape index (κ2) is 11.9. The topological polar surface area (TPSA) is 9.23 Å². The second-order valence-corrected chi connectivity index (χ2v) is 11.5. The third-order valence-corrected chi connectivity index (χ3v) is 9.56. The molecule has 180 valence electrons. The molecule has 1 aromatic rings. The van der Waals surface area contributed by atoms with Crippen LogP contribution in [0.2, 0.25) is 0 Å². The SMILES string of the molecule is CCCCCCCC1CCC2CC(C3CCC(c4ccc(OC)cc4F)CC3)CCC2C1. The highest BCUT2D eigenvalue weighted by atomic mass is 19.1. The molecular weight excluding hydrogens is 395 g/mol. The van der Waals surface area contributed by atoms with Gasteiger partial charge >= 0.3 is 0 Å². The Kier molecular flexibility index (Phi) is 8.95. The molecule has 2 heteroatoms. The van der Waals surface area contributed by atoms with Gasteiger partial charge in [0.15, 0.2) is 0 Å². The predicted molar refractivity (Wildman–Crippen MR) is 133 cm³/mol. The van der Waals surface area contributed by atoms with Gasteiger partial charge in [0.2, 0.25) is 0 Å². The first-order chi connectivity index (χ1) is 15.7. The van der Waals surface area contributed by atoms with Gasteiger partial charge in [-0.15, -0.1) is 0 Å². The van der Waals surface area contributed by atoms with Crippen molar-refractivity contribution in [1.82, 2.24) is 0 Å². The van der Waals surface area contributed by atoms with Gasteiger partial charge < -0.3 is 4.74 Å². The van der Waals surface area contributed by atoms with Gasteiger partial charge in [-0.1, -0.05) is 57.9 Å². The summed E-state index contributed by atoms with van der Waals surface area (Å²) in [5, 5.41) is 0. The summed E-state index contributed by atoms with van der Waals surface area (Å²) < 4.78 is 19.7. The molecule has 0 amide bonds. The lowest BCUT2D eigenvalue weighted by atomic mass is 9.60. The van der Waals surface area contributed by atoms with E-state index in [2.05, 4.69) is 6.92 Å². The summed E-state index contributed by atoms with van der Waals surface area (Å²) in [7, 11) is 1.61. The van der Waals surface area contributed by atoms with E-state index >= 15 is 0 Å². The number of hydrogen-bond donors (Lipinski definition) is 0. The summed E-state index contributed by atoms with van der Waals surface area (Å²) in [6, 6.07) is 5.45. The smallest absolute Gasteiger partial charge is 0.130 e. The number of methoxy groups -OCH3 is 1. The zero-order valence-corrected chi connectivity index (χ0v) is 20.8.